The van der Waals surface area contributed by atoms with Crippen molar-refractivity contribution in [2.75, 3.05) is 11.9 Å². The number of amides is 3. The molecule has 154 valence electrons. The maximum Gasteiger partial charge on any atom is 0.263 e. The summed E-state index contributed by atoms with van der Waals surface area (Å²) in [6.07, 6.45) is 1.35. The van der Waals surface area contributed by atoms with Crippen molar-refractivity contribution in [3.63, 3.8) is 0 Å². The van der Waals surface area contributed by atoms with Crippen molar-refractivity contribution < 1.29 is 19.1 Å². The predicted molar refractivity (Wildman–Crippen MR) is 122 cm³/mol. The highest BCUT2D eigenvalue weighted by Crippen LogP contribution is 2.27. The van der Waals surface area contributed by atoms with Crippen molar-refractivity contribution in [1.82, 2.24) is 10.6 Å². The van der Waals surface area contributed by atoms with E-state index in [9.17, 15) is 14.4 Å². The lowest BCUT2D eigenvalue weighted by Gasteiger charge is -2.17. The summed E-state index contributed by atoms with van der Waals surface area (Å²) in [5, 5.41) is 7.96. The average Bonchev–Trinajstić information content (AvgIpc) is 2.67. The molecule has 2 aromatic carbocycles. The van der Waals surface area contributed by atoms with Crippen LogP contribution in [-0.2, 0) is 14.4 Å². The van der Waals surface area contributed by atoms with Gasteiger partial charge >= 0.3 is 0 Å². The van der Waals surface area contributed by atoms with Gasteiger partial charge in [0.2, 0.25) is 0 Å². The quantitative estimate of drug-likeness (QED) is 0.312. The molecule has 0 radical (unpaired) electrons. The van der Waals surface area contributed by atoms with E-state index in [0.717, 1.165) is 0 Å². The number of thiocarbonyl (C=S) groups is 1. The molecule has 1 aliphatic heterocycles. The molecule has 0 aliphatic carbocycles. The van der Waals surface area contributed by atoms with Gasteiger partial charge in [0.1, 0.15) is 11.3 Å². The molecule has 3 rings (SSSR count). The molecule has 0 aromatic heterocycles. The van der Waals surface area contributed by atoms with Crippen LogP contribution in [0, 0.1) is 0 Å². The Labute approximate surface area is 194 Å². The van der Waals surface area contributed by atoms with E-state index in [4.69, 9.17) is 40.2 Å². The Hall–Kier alpha value is -2.46. The van der Waals surface area contributed by atoms with Crippen molar-refractivity contribution in [2.45, 2.75) is 0 Å². The number of hydrogen-bond acceptors (Lipinski definition) is 5. The number of nitrogens with one attached hydrogen (secondary N) is 3. The van der Waals surface area contributed by atoms with Gasteiger partial charge in [-0.1, -0.05) is 39.1 Å². The number of carbonyl (C=O) groups excluding carboxylic acids is 3. The van der Waals surface area contributed by atoms with Crippen LogP contribution in [0.4, 0.5) is 5.69 Å². The first-order valence-corrected chi connectivity index (χ1v) is 10.2. The Kier molecular flexibility index (Phi) is 7.09. The van der Waals surface area contributed by atoms with Crippen molar-refractivity contribution in [3.8, 4) is 5.75 Å². The van der Waals surface area contributed by atoms with E-state index in [2.05, 4.69) is 31.9 Å². The number of anilines is 1. The fourth-order valence-corrected chi connectivity index (χ4v) is 3.30. The first kappa shape index (κ1) is 22.2. The summed E-state index contributed by atoms with van der Waals surface area (Å²) in [5.74, 6) is -1.41. The molecule has 3 amide bonds. The van der Waals surface area contributed by atoms with E-state index in [-0.39, 0.29) is 17.3 Å². The van der Waals surface area contributed by atoms with Gasteiger partial charge in [0.05, 0.1) is 10.0 Å². The largest absolute Gasteiger partial charge is 0.483 e. The van der Waals surface area contributed by atoms with Gasteiger partial charge in [-0.3, -0.25) is 25.0 Å². The Balaban J connectivity index is 1.75. The molecule has 0 spiro atoms. The molecular formula is C19H12BrCl2N3O4S. The normalized spacial score (nSPS) is 13.4. The highest BCUT2D eigenvalue weighted by atomic mass is 79.9. The lowest BCUT2D eigenvalue weighted by Crippen LogP contribution is -2.51. The van der Waals surface area contributed by atoms with E-state index < -0.39 is 17.7 Å². The topological polar surface area (TPSA) is 96.5 Å². The van der Waals surface area contributed by atoms with Gasteiger partial charge in [-0.2, -0.15) is 0 Å². The summed E-state index contributed by atoms with van der Waals surface area (Å²) < 4.78 is 6.28. The summed E-state index contributed by atoms with van der Waals surface area (Å²) in [7, 11) is 0. The van der Waals surface area contributed by atoms with Gasteiger partial charge in [-0.15, -0.1) is 0 Å². The number of hydrogen-bond donors (Lipinski definition) is 3. The van der Waals surface area contributed by atoms with Gasteiger partial charge in [-0.05, 0) is 54.7 Å². The Bertz CT molecular complexity index is 1090. The molecule has 30 heavy (non-hydrogen) atoms. The minimum Gasteiger partial charge on any atom is -0.483 e. The summed E-state index contributed by atoms with van der Waals surface area (Å²) >= 11 is 19.9. The van der Waals surface area contributed by atoms with Crippen LogP contribution in [0.15, 0.2) is 46.4 Å². The maximum atomic E-state index is 12.2. The van der Waals surface area contributed by atoms with Crippen LogP contribution in [-0.4, -0.2) is 29.4 Å². The second-order valence-corrected chi connectivity index (χ2v) is 8.08. The molecule has 0 bridgehead atoms. The third kappa shape index (κ3) is 5.57. The number of rotatable bonds is 5. The molecule has 1 fully saturated rings. The number of carbonyl (C=O) groups is 3. The number of benzene rings is 2. The minimum absolute atomic E-state index is 0.0631. The van der Waals surface area contributed by atoms with E-state index >= 15 is 0 Å². The first-order chi connectivity index (χ1) is 14.2. The Morgan fingerprint density at radius 2 is 1.80 bits per heavy atom. The summed E-state index contributed by atoms with van der Waals surface area (Å²) in [6, 6.07) is 9.63. The van der Waals surface area contributed by atoms with Crippen LogP contribution in [0.3, 0.4) is 0 Å². The molecule has 11 heteroatoms. The fraction of sp³-hybridized carbons (Fsp3) is 0.0526. The fourth-order valence-electron chi connectivity index (χ4n) is 2.44. The van der Waals surface area contributed by atoms with E-state index in [1.165, 1.54) is 12.1 Å². The van der Waals surface area contributed by atoms with Gasteiger partial charge in [0.25, 0.3) is 17.7 Å². The molecule has 0 unspecified atom stereocenters. The highest BCUT2D eigenvalue weighted by molar-refractivity contribution is 9.10. The van der Waals surface area contributed by atoms with E-state index in [0.29, 0.717) is 31.5 Å². The van der Waals surface area contributed by atoms with Crippen LogP contribution in [0.2, 0.25) is 10.0 Å². The van der Waals surface area contributed by atoms with E-state index in [1.54, 1.807) is 30.3 Å². The minimum atomic E-state index is -0.632. The lowest BCUT2D eigenvalue weighted by molar-refractivity contribution is -0.123. The molecule has 2 aromatic rings. The molecule has 1 saturated heterocycles. The van der Waals surface area contributed by atoms with Crippen molar-refractivity contribution in [2.24, 2.45) is 0 Å². The molecule has 0 saturated carbocycles. The van der Waals surface area contributed by atoms with Gasteiger partial charge < -0.3 is 10.1 Å². The molecular weight excluding hydrogens is 517 g/mol. The number of ether oxygens (including phenoxy) is 1. The zero-order valence-corrected chi connectivity index (χ0v) is 18.8. The van der Waals surface area contributed by atoms with Crippen LogP contribution < -0.4 is 20.7 Å². The van der Waals surface area contributed by atoms with Crippen LogP contribution >= 0.6 is 51.3 Å². The van der Waals surface area contributed by atoms with Crippen LogP contribution in [0.5, 0.6) is 5.75 Å². The third-order valence-corrected chi connectivity index (χ3v) is 5.21. The number of halogens is 3. The molecule has 7 nitrogen and oxygen atoms in total. The van der Waals surface area contributed by atoms with Crippen molar-refractivity contribution in [1.29, 1.82) is 0 Å². The molecule has 1 aliphatic rings. The summed E-state index contributed by atoms with van der Waals surface area (Å²) in [5.41, 5.74) is 0.731. The second kappa shape index (κ2) is 9.57. The zero-order chi connectivity index (χ0) is 21.8. The first-order valence-electron chi connectivity index (χ1n) is 8.28. The lowest BCUT2D eigenvalue weighted by atomic mass is 10.1. The smallest absolute Gasteiger partial charge is 0.263 e. The van der Waals surface area contributed by atoms with Gasteiger partial charge in [0, 0.05) is 15.7 Å². The summed E-state index contributed by atoms with van der Waals surface area (Å²) in [6.45, 7) is -0.319. The zero-order valence-electron chi connectivity index (χ0n) is 14.9. The molecule has 3 N–H and O–H groups in total. The van der Waals surface area contributed by atoms with Gasteiger partial charge in [-0.25, -0.2) is 0 Å². The van der Waals surface area contributed by atoms with Gasteiger partial charge in [0.15, 0.2) is 11.7 Å². The van der Waals surface area contributed by atoms with Crippen LogP contribution in [0.1, 0.15) is 5.56 Å². The molecule has 0 atom stereocenters. The van der Waals surface area contributed by atoms with Crippen molar-refractivity contribution >= 4 is 85.9 Å². The predicted octanol–water partition coefficient (Wildman–Crippen LogP) is 3.69. The second-order valence-electron chi connectivity index (χ2n) is 5.94. The third-order valence-electron chi connectivity index (χ3n) is 3.78. The SMILES string of the molecule is O=C(COc1ccc(Br)cc1C=C1C(=O)NC(=S)NC1=O)Nc1ccc(Cl)c(Cl)c1. The highest BCUT2D eigenvalue weighted by Gasteiger charge is 2.26. The standard InChI is InChI=1S/C19H12BrCl2N3O4S/c20-10-1-4-15(9(5-10)6-12-17(27)24-19(30)25-18(12)28)29-8-16(26)23-11-2-3-13(21)14(22)7-11/h1-7H,8H2,(H,23,26)(H2,24,25,27,28,30). The monoisotopic (exact) mass is 527 g/mol. The Morgan fingerprint density at radius 3 is 2.47 bits per heavy atom. The van der Waals surface area contributed by atoms with Crippen molar-refractivity contribution in [3.05, 3.63) is 62.1 Å². The molecule has 1 heterocycles. The van der Waals surface area contributed by atoms with Crippen LogP contribution in [0.25, 0.3) is 6.08 Å². The maximum absolute atomic E-state index is 12.2. The summed E-state index contributed by atoms with van der Waals surface area (Å²) in [4.78, 5) is 36.4. The average molecular weight is 529 g/mol. The Morgan fingerprint density at radius 1 is 1.10 bits per heavy atom. The van der Waals surface area contributed by atoms with E-state index in [1.807, 2.05) is 0 Å².